The monoisotopic (exact) mass is 579 g/mol. The largest absolute Gasteiger partial charge is 0.278 e. The molecule has 0 atom stereocenters. The maximum atomic E-state index is 13.9. The van der Waals surface area contributed by atoms with Gasteiger partial charge in [-0.3, -0.25) is 9.89 Å². The minimum Gasteiger partial charge on any atom is -0.278 e. The van der Waals surface area contributed by atoms with Crippen molar-refractivity contribution >= 4 is 55.7 Å². The van der Waals surface area contributed by atoms with Gasteiger partial charge in [-0.2, -0.15) is 5.10 Å². The molecule has 0 aliphatic heterocycles. The van der Waals surface area contributed by atoms with Crippen molar-refractivity contribution < 1.29 is 17.6 Å². The summed E-state index contributed by atoms with van der Waals surface area (Å²) in [6.07, 6.45) is 7.37. The van der Waals surface area contributed by atoms with E-state index in [0.717, 1.165) is 57.1 Å². The average Bonchev–Trinajstić information content (AvgIpc) is 3.39. The van der Waals surface area contributed by atoms with Gasteiger partial charge < -0.3 is 0 Å². The number of allylic oxidation sites excluding steroid dienone is 1. The van der Waals surface area contributed by atoms with Gasteiger partial charge in [-0.1, -0.05) is 74.7 Å². The molecule has 9 heteroatoms. The standard InChI is InChI=1S/C31H31ClFN3O3S/c1-3-5-6-17-40(38,39)36-30(37)16-9-21-7-10-22(11-8-21)31(23-12-15-29-24(18-23)20-34-35-29)26(4-2)27-14-13-25(33)19-28(27)32/h7-16,18-20H,3-6,17H2,1-2H3,(H,34,35)(H,36,37)/b16-9+,31-26+. The molecule has 0 bridgehead atoms. The number of amides is 1. The van der Waals surface area contributed by atoms with Crippen molar-refractivity contribution in [2.75, 3.05) is 5.75 Å². The van der Waals surface area contributed by atoms with Crippen LogP contribution in [-0.4, -0.2) is 30.3 Å². The van der Waals surface area contributed by atoms with Gasteiger partial charge in [-0.05, 0) is 76.6 Å². The highest BCUT2D eigenvalue weighted by Gasteiger charge is 2.17. The van der Waals surface area contributed by atoms with Crippen molar-refractivity contribution in [3.05, 3.63) is 106 Å². The van der Waals surface area contributed by atoms with E-state index in [1.165, 1.54) is 18.2 Å². The second kappa shape index (κ2) is 13.1. The minimum atomic E-state index is -3.66. The number of halogens is 2. The third-order valence-electron chi connectivity index (χ3n) is 6.54. The molecule has 2 N–H and O–H groups in total. The van der Waals surface area contributed by atoms with E-state index in [4.69, 9.17) is 11.6 Å². The maximum Gasteiger partial charge on any atom is 0.257 e. The van der Waals surface area contributed by atoms with Gasteiger partial charge in [-0.15, -0.1) is 0 Å². The summed E-state index contributed by atoms with van der Waals surface area (Å²) >= 11 is 6.50. The third-order valence-corrected chi connectivity index (χ3v) is 8.19. The molecule has 0 aliphatic rings. The lowest BCUT2D eigenvalue weighted by molar-refractivity contribution is -0.114. The van der Waals surface area contributed by atoms with Gasteiger partial charge in [0.05, 0.1) is 22.5 Å². The Labute approximate surface area is 239 Å². The zero-order valence-corrected chi connectivity index (χ0v) is 23.9. The van der Waals surface area contributed by atoms with Crippen LogP contribution in [0.15, 0.2) is 72.9 Å². The molecular weight excluding hydrogens is 549 g/mol. The number of sulfonamides is 1. The Kier molecular flexibility index (Phi) is 9.55. The van der Waals surface area contributed by atoms with Crippen LogP contribution in [0.2, 0.25) is 5.02 Å². The summed E-state index contributed by atoms with van der Waals surface area (Å²) in [7, 11) is -3.66. The van der Waals surface area contributed by atoms with E-state index in [2.05, 4.69) is 14.9 Å². The van der Waals surface area contributed by atoms with Gasteiger partial charge in [0.1, 0.15) is 5.82 Å². The Hall–Kier alpha value is -3.75. The van der Waals surface area contributed by atoms with Crippen molar-refractivity contribution in [2.45, 2.75) is 39.5 Å². The van der Waals surface area contributed by atoms with Crippen molar-refractivity contribution in [3.8, 4) is 0 Å². The van der Waals surface area contributed by atoms with Crippen LogP contribution in [0.5, 0.6) is 0 Å². The van der Waals surface area contributed by atoms with Crippen LogP contribution in [-0.2, 0) is 14.8 Å². The van der Waals surface area contributed by atoms with Crippen molar-refractivity contribution in [1.29, 1.82) is 0 Å². The molecule has 3 aromatic carbocycles. The summed E-state index contributed by atoms with van der Waals surface area (Å²) in [5.41, 5.74) is 6.11. The highest BCUT2D eigenvalue weighted by Crippen LogP contribution is 2.38. The number of hydrogen-bond donors (Lipinski definition) is 2. The molecule has 0 unspecified atom stereocenters. The Bertz CT molecular complexity index is 1680. The fraction of sp³-hybridized carbons (Fsp3) is 0.226. The third kappa shape index (κ3) is 7.25. The van der Waals surface area contributed by atoms with Crippen LogP contribution < -0.4 is 4.72 Å². The molecule has 0 radical (unpaired) electrons. The fourth-order valence-corrected chi connectivity index (χ4v) is 5.90. The molecular formula is C31H31ClFN3O3S. The zero-order valence-electron chi connectivity index (χ0n) is 22.4. The van der Waals surface area contributed by atoms with Gasteiger partial charge in [0, 0.05) is 11.5 Å². The first-order valence-electron chi connectivity index (χ1n) is 13.2. The smallest absolute Gasteiger partial charge is 0.257 e. The number of aromatic amines is 1. The lowest BCUT2D eigenvalue weighted by atomic mass is 9.87. The lowest BCUT2D eigenvalue weighted by Crippen LogP contribution is -2.31. The second-order valence-electron chi connectivity index (χ2n) is 9.45. The van der Waals surface area contributed by atoms with Crippen LogP contribution in [0.3, 0.4) is 0 Å². The molecule has 0 saturated carbocycles. The molecule has 6 nitrogen and oxygen atoms in total. The van der Waals surface area contributed by atoms with Crippen LogP contribution >= 0.6 is 11.6 Å². The van der Waals surface area contributed by atoms with E-state index >= 15 is 0 Å². The highest BCUT2D eigenvalue weighted by atomic mass is 35.5. The summed E-state index contributed by atoms with van der Waals surface area (Å²) in [5.74, 6) is -1.17. The number of rotatable bonds is 11. The molecule has 0 saturated heterocycles. The summed E-state index contributed by atoms with van der Waals surface area (Å²) in [5, 5.41) is 8.37. The maximum absolute atomic E-state index is 13.9. The lowest BCUT2D eigenvalue weighted by Gasteiger charge is -2.18. The van der Waals surface area contributed by atoms with Crippen molar-refractivity contribution in [1.82, 2.24) is 14.9 Å². The van der Waals surface area contributed by atoms with Crippen LogP contribution in [0.25, 0.3) is 28.1 Å². The Morgan fingerprint density at radius 2 is 1.77 bits per heavy atom. The number of carbonyl (C=O) groups is 1. The van der Waals surface area contributed by atoms with E-state index in [-0.39, 0.29) is 5.75 Å². The summed E-state index contributed by atoms with van der Waals surface area (Å²) in [6.45, 7) is 4.01. The topological polar surface area (TPSA) is 91.9 Å². The molecule has 40 heavy (non-hydrogen) atoms. The molecule has 0 spiro atoms. The first kappa shape index (κ1) is 29.2. The number of nitrogens with one attached hydrogen (secondary N) is 2. The van der Waals surface area contributed by atoms with Crippen molar-refractivity contribution in [3.63, 3.8) is 0 Å². The molecule has 1 aromatic heterocycles. The fourth-order valence-electron chi connectivity index (χ4n) is 4.56. The molecule has 0 fully saturated rings. The molecule has 208 valence electrons. The van der Waals surface area contributed by atoms with E-state index < -0.39 is 21.7 Å². The normalized spacial score (nSPS) is 12.6. The summed E-state index contributed by atoms with van der Waals surface area (Å²) in [6, 6.07) is 18.0. The molecule has 1 amide bonds. The first-order chi connectivity index (χ1) is 19.2. The number of aromatic nitrogens is 2. The number of H-pyrrole nitrogens is 1. The number of hydrogen-bond acceptors (Lipinski definition) is 4. The van der Waals surface area contributed by atoms with E-state index in [0.29, 0.717) is 17.9 Å². The minimum absolute atomic E-state index is 0.0767. The van der Waals surface area contributed by atoms with Crippen molar-refractivity contribution in [2.24, 2.45) is 0 Å². The predicted octanol–water partition coefficient (Wildman–Crippen LogP) is 7.37. The number of benzene rings is 3. The molecule has 0 aliphatic carbocycles. The predicted molar refractivity (Wildman–Crippen MR) is 161 cm³/mol. The number of fused-ring (bicyclic) bond motifs is 1. The zero-order chi connectivity index (χ0) is 28.7. The Morgan fingerprint density at radius 1 is 1.02 bits per heavy atom. The van der Waals surface area contributed by atoms with Crippen LogP contribution in [0, 0.1) is 5.82 Å². The molecule has 1 heterocycles. The van der Waals surface area contributed by atoms with Crippen LogP contribution in [0.4, 0.5) is 4.39 Å². The molecule has 4 aromatic rings. The van der Waals surface area contributed by atoms with Gasteiger partial charge in [0.25, 0.3) is 5.91 Å². The van der Waals surface area contributed by atoms with Gasteiger partial charge in [0.2, 0.25) is 10.0 Å². The molecule has 4 rings (SSSR count). The number of nitrogens with zero attached hydrogens (tertiary/aromatic N) is 1. The van der Waals surface area contributed by atoms with E-state index in [9.17, 15) is 17.6 Å². The average molecular weight is 580 g/mol. The quantitative estimate of drug-likeness (QED) is 0.110. The first-order valence-corrected chi connectivity index (χ1v) is 15.2. The highest BCUT2D eigenvalue weighted by molar-refractivity contribution is 7.90. The van der Waals surface area contributed by atoms with Gasteiger partial charge in [0.15, 0.2) is 0 Å². The Balaban J connectivity index is 1.68. The van der Waals surface area contributed by atoms with E-state index in [1.54, 1.807) is 18.3 Å². The summed E-state index contributed by atoms with van der Waals surface area (Å²) < 4.78 is 40.1. The van der Waals surface area contributed by atoms with Crippen LogP contribution in [0.1, 0.15) is 61.8 Å². The summed E-state index contributed by atoms with van der Waals surface area (Å²) in [4.78, 5) is 12.2. The number of carbonyl (C=O) groups excluding carboxylic acids is 1. The SMILES string of the molecule is CCCCCS(=O)(=O)NC(=O)/C=C/c1ccc(/C(=C(/CC)c2ccc(F)cc2Cl)c2ccc3[nH]ncc3c2)cc1. The van der Waals surface area contributed by atoms with Gasteiger partial charge in [-0.25, -0.2) is 17.5 Å². The van der Waals surface area contributed by atoms with E-state index in [1.807, 2.05) is 56.3 Å². The number of unbranched alkanes of at least 4 members (excludes halogenated alkanes) is 2. The van der Waals surface area contributed by atoms with Gasteiger partial charge >= 0.3 is 0 Å². The second-order valence-corrected chi connectivity index (χ2v) is 11.7. The Morgan fingerprint density at radius 3 is 2.48 bits per heavy atom.